The standard InChI is InChI=1S/C24H28N4O3.ClH/c1-16(29)17-2-5-20(6-3-17)27-10-12-28(13-11-27)23(24(30)31)18-4-7-22-21(14-18)19(8-9-25)15-26-22;/h2-7,14-15,23,26H,8-13,25H2,1H3,(H,30,31);1H. The van der Waals surface area contributed by atoms with Crippen molar-refractivity contribution in [3.8, 4) is 0 Å². The quantitative estimate of drug-likeness (QED) is 0.471. The van der Waals surface area contributed by atoms with E-state index in [4.69, 9.17) is 5.73 Å². The lowest BCUT2D eigenvalue weighted by molar-refractivity contribution is -0.143. The number of aromatic amines is 1. The van der Waals surface area contributed by atoms with E-state index in [1.165, 1.54) is 0 Å². The SMILES string of the molecule is CC(=O)c1ccc(N2CCN(C(C(=O)O)c3ccc4[nH]cc(CCN)c4c3)CC2)cc1.Cl. The molecule has 1 unspecified atom stereocenters. The number of anilines is 1. The molecule has 0 saturated carbocycles. The molecular weight excluding hydrogens is 428 g/mol. The fourth-order valence-corrected chi connectivity index (χ4v) is 4.38. The molecule has 170 valence electrons. The van der Waals surface area contributed by atoms with Crippen LogP contribution in [0.15, 0.2) is 48.7 Å². The summed E-state index contributed by atoms with van der Waals surface area (Å²) in [6.07, 6.45) is 2.70. The van der Waals surface area contributed by atoms with Crippen molar-refractivity contribution in [2.45, 2.75) is 19.4 Å². The van der Waals surface area contributed by atoms with Crippen molar-refractivity contribution in [1.82, 2.24) is 9.88 Å². The lowest BCUT2D eigenvalue weighted by atomic mass is 10.0. The molecule has 0 bridgehead atoms. The van der Waals surface area contributed by atoms with E-state index in [-0.39, 0.29) is 18.2 Å². The van der Waals surface area contributed by atoms with Crippen LogP contribution in [0.5, 0.6) is 0 Å². The number of ketones is 1. The lowest BCUT2D eigenvalue weighted by Gasteiger charge is -2.39. The van der Waals surface area contributed by atoms with Crippen molar-refractivity contribution in [2.75, 3.05) is 37.6 Å². The third-order valence-electron chi connectivity index (χ3n) is 6.07. The monoisotopic (exact) mass is 456 g/mol. The molecule has 1 fully saturated rings. The number of carbonyl (C=O) groups excluding carboxylic acids is 1. The first-order chi connectivity index (χ1) is 15.0. The average Bonchev–Trinajstić information content (AvgIpc) is 3.17. The minimum atomic E-state index is -0.838. The van der Waals surface area contributed by atoms with Gasteiger partial charge in [0.15, 0.2) is 5.78 Å². The van der Waals surface area contributed by atoms with Crippen molar-refractivity contribution in [1.29, 1.82) is 0 Å². The topological polar surface area (TPSA) is 103 Å². The molecule has 32 heavy (non-hydrogen) atoms. The number of carboxylic acid groups (broad SMARTS) is 1. The van der Waals surface area contributed by atoms with E-state index in [2.05, 4.69) is 9.88 Å². The van der Waals surface area contributed by atoms with Crippen LogP contribution >= 0.6 is 12.4 Å². The Kier molecular flexibility index (Phi) is 7.56. The molecule has 4 rings (SSSR count). The van der Waals surface area contributed by atoms with Crippen LogP contribution in [0.3, 0.4) is 0 Å². The van der Waals surface area contributed by atoms with E-state index in [1.807, 2.05) is 53.6 Å². The molecular formula is C24H29ClN4O3. The molecule has 2 aromatic carbocycles. The molecule has 8 heteroatoms. The number of hydrogen-bond acceptors (Lipinski definition) is 5. The first kappa shape index (κ1) is 23.8. The highest BCUT2D eigenvalue weighted by Crippen LogP contribution is 2.29. The summed E-state index contributed by atoms with van der Waals surface area (Å²) < 4.78 is 0. The molecule has 1 aliphatic heterocycles. The zero-order chi connectivity index (χ0) is 22.0. The Labute approximate surface area is 193 Å². The Morgan fingerprint density at radius 1 is 1.09 bits per heavy atom. The third kappa shape index (κ3) is 4.80. The number of rotatable bonds is 7. The van der Waals surface area contributed by atoms with Gasteiger partial charge < -0.3 is 20.7 Å². The fourth-order valence-electron chi connectivity index (χ4n) is 4.38. The molecule has 0 aliphatic carbocycles. The van der Waals surface area contributed by atoms with Crippen molar-refractivity contribution < 1.29 is 14.7 Å². The number of nitrogens with one attached hydrogen (secondary N) is 1. The summed E-state index contributed by atoms with van der Waals surface area (Å²) in [6, 6.07) is 12.8. The number of Topliss-reactive ketones (excluding diaryl/α,β-unsaturated/α-hetero) is 1. The number of carbonyl (C=O) groups is 2. The number of H-pyrrole nitrogens is 1. The van der Waals surface area contributed by atoms with Gasteiger partial charge in [-0.3, -0.25) is 14.5 Å². The Balaban J connectivity index is 0.00000289. The highest BCUT2D eigenvalue weighted by atomic mass is 35.5. The van der Waals surface area contributed by atoms with Gasteiger partial charge in [-0.25, -0.2) is 0 Å². The van der Waals surface area contributed by atoms with Crippen LogP contribution in [0.2, 0.25) is 0 Å². The zero-order valence-electron chi connectivity index (χ0n) is 18.1. The third-order valence-corrected chi connectivity index (χ3v) is 6.07. The summed E-state index contributed by atoms with van der Waals surface area (Å²) in [5.74, 6) is -0.788. The van der Waals surface area contributed by atoms with E-state index >= 15 is 0 Å². The van der Waals surface area contributed by atoms with Gasteiger partial charge in [0.2, 0.25) is 0 Å². The van der Waals surface area contributed by atoms with Gasteiger partial charge in [-0.2, -0.15) is 0 Å². The molecule has 0 radical (unpaired) electrons. The number of halogens is 1. The molecule has 2 heterocycles. The zero-order valence-corrected chi connectivity index (χ0v) is 18.9. The Hall–Kier alpha value is -2.87. The lowest BCUT2D eigenvalue weighted by Crippen LogP contribution is -2.49. The molecule has 1 aliphatic rings. The number of aromatic nitrogens is 1. The maximum Gasteiger partial charge on any atom is 0.325 e. The number of aliphatic carboxylic acids is 1. The first-order valence-corrected chi connectivity index (χ1v) is 10.6. The minimum absolute atomic E-state index is 0. The second-order valence-electron chi connectivity index (χ2n) is 8.02. The predicted molar refractivity (Wildman–Crippen MR) is 129 cm³/mol. The highest BCUT2D eigenvalue weighted by molar-refractivity contribution is 5.94. The smallest absolute Gasteiger partial charge is 0.325 e. The number of carboxylic acids is 1. The number of fused-ring (bicyclic) bond motifs is 1. The number of nitrogens with zero attached hydrogens (tertiary/aromatic N) is 2. The Morgan fingerprint density at radius 2 is 1.78 bits per heavy atom. The summed E-state index contributed by atoms with van der Waals surface area (Å²) in [4.78, 5) is 31.2. The van der Waals surface area contributed by atoms with Gasteiger partial charge in [0.1, 0.15) is 6.04 Å². The second-order valence-corrected chi connectivity index (χ2v) is 8.02. The van der Waals surface area contributed by atoms with Gasteiger partial charge in [0, 0.05) is 54.5 Å². The molecule has 1 atom stereocenters. The van der Waals surface area contributed by atoms with Crippen LogP contribution in [0.25, 0.3) is 10.9 Å². The largest absolute Gasteiger partial charge is 0.480 e. The van der Waals surface area contributed by atoms with E-state index in [0.717, 1.165) is 47.2 Å². The molecule has 4 N–H and O–H groups in total. The molecule has 0 spiro atoms. The number of nitrogens with two attached hydrogens (primary N) is 1. The minimum Gasteiger partial charge on any atom is -0.480 e. The van der Waals surface area contributed by atoms with Gasteiger partial charge in [-0.1, -0.05) is 6.07 Å². The van der Waals surface area contributed by atoms with Crippen molar-refractivity contribution in [3.05, 3.63) is 65.4 Å². The fraction of sp³-hybridized carbons (Fsp3) is 0.333. The van der Waals surface area contributed by atoms with Crippen LogP contribution in [-0.2, 0) is 11.2 Å². The molecule has 3 aromatic rings. The van der Waals surface area contributed by atoms with Crippen LogP contribution in [0, 0.1) is 0 Å². The number of piperazine rings is 1. The van der Waals surface area contributed by atoms with Crippen LogP contribution in [0.4, 0.5) is 5.69 Å². The molecule has 1 saturated heterocycles. The Bertz CT molecular complexity index is 1090. The molecule has 1 aromatic heterocycles. The maximum absolute atomic E-state index is 12.2. The van der Waals surface area contributed by atoms with E-state index in [1.54, 1.807) is 6.92 Å². The first-order valence-electron chi connectivity index (χ1n) is 10.6. The summed E-state index contributed by atoms with van der Waals surface area (Å²) in [5, 5.41) is 11.1. The van der Waals surface area contributed by atoms with E-state index < -0.39 is 12.0 Å². The van der Waals surface area contributed by atoms with Gasteiger partial charge in [-0.15, -0.1) is 12.4 Å². The molecule has 0 amide bonds. The summed E-state index contributed by atoms with van der Waals surface area (Å²) in [5.41, 5.74) is 10.4. The number of hydrogen-bond donors (Lipinski definition) is 3. The van der Waals surface area contributed by atoms with Crippen LogP contribution in [-0.4, -0.2) is 59.5 Å². The van der Waals surface area contributed by atoms with Crippen LogP contribution < -0.4 is 10.6 Å². The van der Waals surface area contributed by atoms with Crippen LogP contribution in [0.1, 0.15) is 34.5 Å². The van der Waals surface area contributed by atoms with E-state index in [0.29, 0.717) is 25.2 Å². The maximum atomic E-state index is 12.2. The Morgan fingerprint density at radius 3 is 2.38 bits per heavy atom. The van der Waals surface area contributed by atoms with Crippen molar-refractivity contribution >= 4 is 40.7 Å². The van der Waals surface area contributed by atoms with Crippen molar-refractivity contribution in [3.63, 3.8) is 0 Å². The van der Waals surface area contributed by atoms with Gasteiger partial charge in [-0.05, 0) is 67.4 Å². The summed E-state index contributed by atoms with van der Waals surface area (Å²) >= 11 is 0. The summed E-state index contributed by atoms with van der Waals surface area (Å²) in [6.45, 7) is 4.86. The summed E-state index contributed by atoms with van der Waals surface area (Å²) in [7, 11) is 0. The van der Waals surface area contributed by atoms with Crippen molar-refractivity contribution in [2.24, 2.45) is 5.73 Å². The average molecular weight is 457 g/mol. The number of benzene rings is 2. The van der Waals surface area contributed by atoms with Gasteiger partial charge in [0.05, 0.1) is 0 Å². The normalized spacial score (nSPS) is 15.4. The molecule has 7 nitrogen and oxygen atoms in total. The van der Waals surface area contributed by atoms with Gasteiger partial charge >= 0.3 is 5.97 Å². The van der Waals surface area contributed by atoms with Gasteiger partial charge in [0.25, 0.3) is 0 Å². The second kappa shape index (κ2) is 10.2. The highest BCUT2D eigenvalue weighted by Gasteiger charge is 2.30. The predicted octanol–water partition coefficient (Wildman–Crippen LogP) is 3.24. The van der Waals surface area contributed by atoms with E-state index in [9.17, 15) is 14.7 Å².